The average molecular weight is 388 g/mol. The number of ether oxygens (including phenoxy) is 1. The zero-order valence-electron chi connectivity index (χ0n) is 16.3. The smallest absolute Gasteiger partial charge is 0.407 e. The summed E-state index contributed by atoms with van der Waals surface area (Å²) in [6, 6.07) is 10.4. The summed E-state index contributed by atoms with van der Waals surface area (Å²) in [5.41, 5.74) is -0.0136. The Morgan fingerprint density at radius 2 is 1.93 bits per heavy atom. The van der Waals surface area contributed by atoms with Crippen molar-refractivity contribution in [1.29, 1.82) is 0 Å². The summed E-state index contributed by atoms with van der Waals surface area (Å²) in [4.78, 5) is 29.6. The van der Waals surface area contributed by atoms with Crippen LogP contribution in [-0.4, -0.2) is 89.4 Å². The van der Waals surface area contributed by atoms with E-state index < -0.39 is 17.4 Å². The first kappa shape index (κ1) is 19.2. The topological polar surface area (TPSA) is 85.4 Å². The number of likely N-dealkylation sites (N-methyl/N-ethyl adjacent to an activating group) is 1. The highest BCUT2D eigenvalue weighted by Crippen LogP contribution is 2.42. The average Bonchev–Trinajstić information content (AvgIpc) is 2.99. The summed E-state index contributed by atoms with van der Waals surface area (Å²) in [5, 5.41) is 12.5. The van der Waals surface area contributed by atoms with Gasteiger partial charge in [-0.2, -0.15) is 0 Å². The second-order valence-corrected chi connectivity index (χ2v) is 8.14. The van der Waals surface area contributed by atoms with Gasteiger partial charge in [-0.3, -0.25) is 14.6 Å². The molecule has 0 aliphatic carbocycles. The van der Waals surface area contributed by atoms with Crippen LogP contribution in [0.2, 0.25) is 0 Å². The minimum absolute atomic E-state index is 0.0969. The van der Waals surface area contributed by atoms with Crippen molar-refractivity contribution in [1.82, 2.24) is 20.0 Å². The largest absolute Gasteiger partial charge is 0.465 e. The highest BCUT2D eigenvalue weighted by atomic mass is 16.6. The summed E-state index contributed by atoms with van der Waals surface area (Å²) in [6.45, 7) is 3.75. The summed E-state index contributed by atoms with van der Waals surface area (Å²) >= 11 is 0. The van der Waals surface area contributed by atoms with Crippen molar-refractivity contribution in [3.63, 3.8) is 0 Å². The third-order valence-electron chi connectivity index (χ3n) is 6.15. The zero-order valence-corrected chi connectivity index (χ0v) is 16.3. The molecular weight excluding hydrogens is 360 g/mol. The fraction of sp³-hybridized carbons (Fsp3) is 0.600. The fourth-order valence-electron chi connectivity index (χ4n) is 4.78. The van der Waals surface area contributed by atoms with E-state index in [1.807, 2.05) is 6.07 Å². The van der Waals surface area contributed by atoms with Gasteiger partial charge in [-0.05, 0) is 25.5 Å². The Morgan fingerprint density at radius 3 is 2.57 bits per heavy atom. The molecule has 0 aromatic heterocycles. The first-order chi connectivity index (χ1) is 13.5. The Bertz CT molecular complexity index is 735. The van der Waals surface area contributed by atoms with Crippen molar-refractivity contribution in [3.05, 3.63) is 35.9 Å². The van der Waals surface area contributed by atoms with Crippen molar-refractivity contribution in [2.45, 2.75) is 30.7 Å². The summed E-state index contributed by atoms with van der Waals surface area (Å²) in [6.07, 6.45) is 0.593. The summed E-state index contributed by atoms with van der Waals surface area (Å²) in [5.74, 6) is -0.174. The predicted octanol–water partition coefficient (Wildman–Crippen LogP) is 0.789. The minimum Gasteiger partial charge on any atom is -0.465 e. The van der Waals surface area contributed by atoms with Crippen LogP contribution < -0.4 is 5.32 Å². The Kier molecular flexibility index (Phi) is 5.03. The molecule has 3 saturated heterocycles. The first-order valence-electron chi connectivity index (χ1n) is 9.85. The lowest BCUT2D eigenvalue weighted by molar-refractivity contribution is -0.182. The molecule has 28 heavy (non-hydrogen) atoms. The molecule has 3 heterocycles. The maximum Gasteiger partial charge on any atom is 0.407 e. The monoisotopic (exact) mass is 388 g/mol. The first-order valence-corrected chi connectivity index (χ1v) is 9.85. The SMILES string of the molecule is CNCC12CN(C(=O)O)CC(=O)N1CC1(CCN(Cc3ccccc3)CC1)O2. The van der Waals surface area contributed by atoms with E-state index >= 15 is 0 Å². The van der Waals surface area contributed by atoms with Gasteiger partial charge in [0.25, 0.3) is 0 Å². The Hall–Kier alpha value is -2.16. The third-order valence-corrected chi connectivity index (χ3v) is 6.15. The van der Waals surface area contributed by atoms with E-state index in [1.54, 1.807) is 11.9 Å². The van der Waals surface area contributed by atoms with Crippen LogP contribution in [0, 0.1) is 0 Å². The molecule has 0 bridgehead atoms. The lowest BCUT2D eigenvalue weighted by atomic mass is 9.91. The van der Waals surface area contributed by atoms with Crippen LogP contribution in [0.4, 0.5) is 4.79 Å². The van der Waals surface area contributed by atoms with Gasteiger partial charge in [-0.1, -0.05) is 30.3 Å². The number of likely N-dealkylation sites (tertiary alicyclic amines) is 1. The van der Waals surface area contributed by atoms with E-state index in [4.69, 9.17) is 4.74 Å². The third kappa shape index (κ3) is 3.47. The number of nitrogens with one attached hydrogen (secondary N) is 1. The molecule has 152 valence electrons. The van der Waals surface area contributed by atoms with Crippen LogP contribution >= 0.6 is 0 Å². The number of carbonyl (C=O) groups is 2. The molecule has 4 rings (SSSR count). The van der Waals surface area contributed by atoms with Gasteiger partial charge in [-0.25, -0.2) is 4.79 Å². The number of piperidine rings is 1. The number of fused-ring (bicyclic) bond motifs is 1. The van der Waals surface area contributed by atoms with Crippen LogP contribution in [0.5, 0.6) is 0 Å². The van der Waals surface area contributed by atoms with Gasteiger partial charge in [0, 0.05) is 26.2 Å². The molecule has 3 aliphatic rings. The van der Waals surface area contributed by atoms with Gasteiger partial charge in [0.05, 0.1) is 18.7 Å². The number of benzene rings is 1. The number of hydrogen-bond acceptors (Lipinski definition) is 5. The fourth-order valence-corrected chi connectivity index (χ4v) is 4.78. The van der Waals surface area contributed by atoms with Crippen LogP contribution in [-0.2, 0) is 16.1 Å². The van der Waals surface area contributed by atoms with E-state index in [9.17, 15) is 14.7 Å². The molecule has 2 amide bonds. The van der Waals surface area contributed by atoms with E-state index in [-0.39, 0.29) is 19.0 Å². The lowest BCUT2D eigenvalue weighted by Gasteiger charge is -2.44. The number of carbonyl (C=O) groups excluding carboxylic acids is 1. The quantitative estimate of drug-likeness (QED) is 0.793. The van der Waals surface area contributed by atoms with Gasteiger partial charge >= 0.3 is 6.09 Å². The Morgan fingerprint density at radius 1 is 1.21 bits per heavy atom. The van der Waals surface area contributed by atoms with Gasteiger partial charge in [0.2, 0.25) is 5.91 Å². The molecule has 1 unspecified atom stereocenters. The van der Waals surface area contributed by atoms with Gasteiger partial charge < -0.3 is 20.1 Å². The molecule has 1 aromatic carbocycles. The lowest BCUT2D eigenvalue weighted by Crippen LogP contribution is -2.66. The highest BCUT2D eigenvalue weighted by Gasteiger charge is 2.59. The highest BCUT2D eigenvalue weighted by molar-refractivity contribution is 5.84. The normalized spacial score (nSPS) is 27.2. The maximum atomic E-state index is 12.7. The molecule has 3 aliphatic heterocycles. The maximum absolute atomic E-state index is 12.7. The van der Waals surface area contributed by atoms with Crippen molar-refractivity contribution in [2.75, 3.05) is 46.3 Å². The molecule has 2 N–H and O–H groups in total. The second kappa shape index (κ2) is 7.35. The molecule has 8 nitrogen and oxygen atoms in total. The number of carboxylic acid groups (broad SMARTS) is 1. The summed E-state index contributed by atoms with van der Waals surface area (Å²) in [7, 11) is 1.80. The summed E-state index contributed by atoms with van der Waals surface area (Å²) < 4.78 is 6.58. The number of hydrogen-bond donors (Lipinski definition) is 2. The Balaban J connectivity index is 1.47. The number of piperazine rings is 1. The van der Waals surface area contributed by atoms with Crippen LogP contribution in [0.25, 0.3) is 0 Å². The van der Waals surface area contributed by atoms with E-state index in [1.165, 1.54) is 10.5 Å². The van der Waals surface area contributed by atoms with E-state index in [0.717, 1.165) is 32.5 Å². The van der Waals surface area contributed by atoms with Crippen molar-refractivity contribution >= 4 is 12.0 Å². The molecule has 8 heteroatoms. The minimum atomic E-state index is -1.08. The van der Waals surface area contributed by atoms with Crippen LogP contribution in [0.1, 0.15) is 18.4 Å². The zero-order chi connectivity index (χ0) is 19.8. The molecule has 3 fully saturated rings. The molecule has 1 spiro atoms. The molecular formula is C20H28N4O4. The number of amides is 2. The molecule has 0 saturated carbocycles. The predicted molar refractivity (Wildman–Crippen MR) is 103 cm³/mol. The Labute approximate surface area is 165 Å². The van der Waals surface area contributed by atoms with Crippen molar-refractivity contribution in [2.24, 2.45) is 0 Å². The van der Waals surface area contributed by atoms with Crippen molar-refractivity contribution in [3.8, 4) is 0 Å². The number of rotatable bonds is 4. The standard InChI is InChI=1S/C20H28N4O4/c1-21-13-20-15-23(18(26)27)12-17(25)24(20)14-19(28-20)7-9-22(10-8-19)11-16-5-3-2-4-6-16/h2-6,21H,7-15H2,1H3,(H,26,27). The van der Waals surface area contributed by atoms with Gasteiger partial charge in [-0.15, -0.1) is 0 Å². The second-order valence-electron chi connectivity index (χ2n) is 8.14. The molecule has 1 atom stereocenters. The van der Waals surface area contributed by atoms with E-state index in [2.05, 4.69) is 34.5 Å². The van der Waals surface area contributed by atoms with Crippen LogP contribution in [0.15, 0.2) is 30.3 Å². The van der Waals surface area contributed by atoms with Crippen molar-refractivity contribution < 1.29 is 19.4 Å². The molecule has 0 radical (unpaired) electrons. The van der Waals surface area contributed by atoms with Crippen LogP contribution in [0.3, 0.4) is 0 Å². The van der Waals surface area contributed by atoms with Gasteiger partial charge in [0.1, 0.15) is 6.54 Å². The number of nitrogens with zero attached hydrogens (tertiary/aromatic N) is 3. The van der Waals surface area contributed by atoms with Gasteiger partial charge in [0.15, 0.2) is 5.72 Å². The molecule has 1 aromatic rings. The van der Waals surface area contributed by atoms with E-state index in [0.29, 0.717) is 13.1 Å².